The second-order valence-electron chi connectivity index (χ2n) is 5.54. The Morgan fingerprint density at radius 1 is 0.708 bits per heavy atom. The summed E-state index contributed by atoms with van der Waals surface area (Å²) in [6.45, 7) is 2.17. The number of amides is 2. The Bertz CT molecular complexity index is 569. The molecule has 2 amide bonds. The summed E-state index contributed by atoms with van der Waals surface area (Å²) in [6.07, 6.45) is 0. The van der Waals surface area contributed by atoms with Crippen LogP contribution in [-0.4, -0.2) is 20.3 Å². The average Bonchev–Trinajstić information content (AvgIpc) is 2.61. The molecule has 0 heterocycles. The van der Waals surface area contributed by atoms with E-state index in [1.165, 1.54) is 0 Å². The molecule has 2 N–H and O–H groups in total. The summed E-state index contributed by atoms with van der Waals surface area (Å²) in [6, 6.07) is 15.8. The molecule has 0 aromatic heterocycles. The Morgan fingerprint density at radius 2 is 1.04 bits per heavy atom. The van der Waals surface area contributed by atoms with E-state index < -0.39 is 0 Å². The first kappa shape index (κ1) is 18.0. The molecule has 2 aromatic carbocycles. The molecule has 2 aromatic rings. The maximum Gasteiger partial charge on any atom is 0.315 e. The summed E-state index contributed by atoms with van der Waals surface area (Å²) in [5.41, 5.74) is 4.33. The summed E-state index contributed by atoms with van der Waals surface area (Å²) in [5.74, 6) is 0. The van der Waals surface area contributed by atoms with Crippen LogP contribution in [0.4, 0.5) is 4.79 Å². The molecule has 5 nitrogen and oxygen atoms in total. The second-order valence-corrected chi connectivity index (χ2v) is 5.54. The lowest BCUT2D eigenvalue weighted by atomic mass is 10.1. The predicted octanol–water partition coefficient (Wildman–Crippen LogP) is 2.98. The maximum atomic E-state index is 11.9. The molecule has 24 heavy (non-hydrogen) atoms. The molecule has 128 valence electrons. The van der Waals surface area contributed by atoms with Crippen LogP contribution in [0.1, 0.15) is 22.3 Å². The Balaban J connectivity index is 1.72. The Hall–Kier alpha value is -2.37. The first-order valence-electron chi connectivity index (χ1n) is 7.86. The largest absolute Gasteiger partial charge is 0.380 e. The van der Waals surface area contributed by atoms with Gasteiger partial charge in [0.15, 0.2) is 0 Å². The number of hydrogen-bond donors (Lipinski definition) is 2. The number of nitrogens with one attached hydrogen (secondary N) is 2. The number of carbonyl (C=O) groups is 1. The zero-order chi connectivity index (χ0) is 17.2. The van der Waals surface area contributed by atoms with Crippen molar-refractivity contribution in [3.63, 3.8) is 0 Å². The van der Waals surface area contributed by atoms with Crippen molar-refractivity contribution in [2.24, 2.45) is 0 Å². The predicted molar refractivity (Wildman–Crippen MR) is 93.4 cm³/mol. The van der Waals surface area contributed by atoms with E-state index in [1.807, 2.05) is 48.5 Å². The van der Waals surface area contributed by atoms with E-state index in [1.54, 1.807) is 14.2 Å². The van der Waals surface area contributed by atoms with E-state index in [0.29, 0.717) is 26.3 Å². The molecule has 0 radical (unpaired) electrons. The highest BCUT2D eigenvalue weighted by Gasteiger charge is 2.02. The van der Waals surface area contributed by atoms with E-state index in [4.69, 9.17) is 9.47 Å². The van der Waals surface area contributed by atoms with Crippen LogP contribution in [0.3, 0.4) is 0 Å². The van der Waals surface area contributed by atoms with Crippen molar-refractivity contribution in [2.45, 2.75) is 26.3 Å². The summed E-state index contributed by atoms with van der Waals surface area (Å²) in [7, 11) is 3.34. The standard InChI is InChI=1S/C19H24N2O3/c1-23-13-17-7-3-15(4-8-17)11-20-19(22)21-12-16-5-9-18(10-6-16)14-24-2/h3-10H,11-14H2,1-2H3,(H2,20,21,22). The van der Waals surface area contributed by atoms with Crippen LogP contribution in [0.5, 0.6) is 0 Å². The highest BCUT2D eigenvalue weighted by atomic mass is 16.5. The summed E-state index contributed by atoms with van der Waals surface area (Å²) in [4.78, 5) is 11.9. The van der Waals surface area contributed by atoms with Gasteiger partial charge in [0, 0.05) is 27.3 Å². The van der Waals surface area contributed by atoms with Crippen molar-refractivity contribution in [2.75, 3.05) is 14.2 Å². The van der Waals surface area contributed by atoms with Crippen LogP contribution in [0, 0.1) is 0 Å². The first-order chi connectivity index (χ1) is 11.7. The number of urea groups is 1. The Morgan fingerprint density at radius 3 is 1.38 bits per heavy atom. The van der Waals surface area contributed by atoms with Gasteiger partial charge in [0.1, 0.15) is 0 Å². The van der Waals surface area contributed by atoms with Gasteiger partial charge in [-0.1, -0.05) is 48.5 Å². The monoisotopic (exact) mass is 328 g/mol. The van der Waals surface area contributed by atoms with Gasteiger partial charge in [-0.15, -0.1) is 0 Å². The van der Waals surface area contributed by atoms with Crippen LogP contribution in [-0.2, 0) is 35.8 Å². The van der Waals surface area contributed by atoms with E-state index in [2.05, 4.69) is 10.6 Å². The van der Waals surface area contributed by atoms with Crippen molar-refractivity contribution in [3.05, 3.63) is 70.8 Å². The van der Waals surface area contributed by atoms with Gasteiger partial charge >= 0.3 is 6.03 Å². The summed E-state index contributed by atoms with van der Waals surface area (Å²) >= 11 is 0. The van der Waals surface area contributed by atoms with Crippen LogP contribution in [0.2, 0.25) is 0 Å². The summed E-state index contributed by atoms with van der Waals surface area (Å²) in [5, 5.41) is 5.70. The molecular weight excluding hydrogens is 304 g/mol. The molecule has 0 aliphatic heterocycles. The quantitative estimate of drug-likeness (QED) is 0.783. The molecule has 0 unspecified atom stereocenters. The molecule has 0 atom stereocenters. The molecule has 0 saturated heterocycles. The number of ether oxygens (including phenoxy) is 2. The van der Waals surface area contributed by atoms with Crippen LogP contribution < -0.4 is 10.6 Å². The fourth-order valence-corrected chi connectivity index (χ4v) is 2.27. The number of hydrogen-bond acceptors (Lipinski definition) is 3. The average molecular weight is 328 g/mol. The summed E-state index contributed by atoms with van der Waals surface area (Å²) < 4.78 is 10.1. The minimum Gasteiger partial charge on any atom is -0.380 e. The maximum absolute atomic E-state index is 11.9. The highest BCUT2D eigenvalue weighted by Crippen LogP contribution is 2.06. The van der Waals surface area contributed by atoms with E-state index >= 15 is 0 Å². The smallest absolute Gasteiger partial charge is 0.315 e. The molecule has 0 fully saturated rings. The zero-order valence-electron chi connectivity index (χ0n) is 14.2. The van der Waals surface area contributed by atoms with Crippen LogP contribution in [0.15, 0.2) is 48.5 Å². The van der Waals surface area contributed by atoms with Crippen molar-refractivity contribution < 1.29 is 14.3 Å². The molecule has 0 bridgehead atoms. The topological polar surface area (TPSA) is 59.6 Å². The van der Waals surface area contributed by atoms with E-state index in [9.17, 15) is 4.79 Å². The van der Waals surface area contributed by atoms with Crippen molar-refractivity contribution in [1.82, 2.24) is 10.6 Å². The minimum atomic E-state index is -0.183. The van der Waals surface area contributed by atoms with Gasteiger partial charge in [-0.3, -0.25) is 0 Å². The van der Waals surface area contributed by atoms with Gasteiger partial charge in [-0.25, -0.2) is 4.79 Å². The SMILES string of the molecule is COCc1ccc(CNC(=O)NCc2ccc(COC)cc2)cc1. The lowest BCUT2D eigenvalue weighted by Crippen LogP contribution is -2.34. The number of rotatable bonds is 8. The molecule has 0 saturated carbocycles. The molecule has 2 rings (SSSR count). The lowest BCUT2D eigenvalue weighted by Gasteiger charge is -2.09. The second kappa shape index (κ2) is 9.70. The van der Waals surface area contributed by atoms with Crippen LogP contribution in [0.25, 0.3) is 0 Å². The van der Waals surface area contributed by atoms with Gasteiger partial charge in [-0.05, 0) is 22.3 Å². The lowest BCUT2D eigenvalue weighted by molar-refractivity contribution is 0.185. The molecule has 5 heteroatoms. The molecule has 0 aliphatic rings. The fourth-order valence-electron chi connectivity index (χ4n) is 2.27. The highest BCUT2D eigenvalue weighted by molar-refractivity contribution is 5.73. The van der Waals surface area contributed by atoms with Gasteiger partial charge in [0.05, 0.1) is 13.2 Å². The normalized spacial score (nSPS) is 10.4. The van der Waals surface area contributed by atoms with Gasteiger partial charge < -0.3 is 20.1 Å². The van der Waals surface area contributed by atoms with Gasteiger partial charge in [0.25, 0.3) is 0 Å². The number of carbonyl (C=O) groups excluding carboxylic acids is 1. The number of benzene rings is 2. The zero-order valence-corrected chi connectivity index (χ0v) is 14.2. The van der Waals surface area contributed by atoms with Crippen LogP contribution >= 0.6 is 0 Å². The van der Waals surface area contributed by atoms with Crippen molar-refractivity contribution >= 4 is 6.03 Å². The van der Waals surface area contributed by atoms with E-state index in [0.717, 1.165) is 22.3 Å². The van der Waals surface area contributed by atoms with Gasteiger partial charge in [0.2, 0.25) is 0 Å². The number of methoxy groups -OCH3 is 2. The Labute approximate surface area is 143 Å². The first-order valence-corrected chi connectivity index (χ1v) is 7.86. The fraction of sp³-hybridized carbons (Fsp3) is 0.316. The third-order valence-corrected chi connectivity index (χ3v) is 3.57. The van der Waals surface area contributed by atoms with Crippen molar-refractivity contribution in [1.29, 1.82) is 0 Å². The Kier molecular flexibility index (Phi) is 7.26. The third kappa shape index (κ3) is 6.02. The molecule has 0 spiro atoms. The molecule has 0 aliphatic carbocycles. The molecular formula is C19H24N2O3. The van der Waals surface area contributed by atoms with Crippen molar-refractivity contribution in [3.8, 4) is 0 Å². The third-order valence-electron chi connectivity index (χ3n) is 3.57. The van der Waals surface area contributed by atoms with Gasteiger partial charge in [-0.2, -0.15) is 0 Å². The van der Waals surface area contributed by atoms with E-state index in [-0.39, 0.29) is 6.03 Å². The minimum absolute atomic E-state index is 0.183.